The molecule has 0 aromatic heterocycles. The summed E-state index contributed by atoms with van der Waals surface area (Å²) in [5, 5.41) is 27.6. The van der Waals surface area contributed by atoms with Crippen LogP contribution in [0.5, 0.6) is 5.75 Å². The standard InChI is InChI=1S/C48H60N2O5/c1-32-8-7-20-46(2)43(41-18-12-33(25-39(51)15-11-32)26-42(41)44(52)37-9-5-4-6-10-37)19-21-48(46,54)31-50(45(53)49-38-13-16-40(55-3)17-14-38)30-47-27-34-22-35(28-47)24-36(23-34)29-47/h4-6,8-10,12-14,16-18,26,34-36,39,43,51,54H,7,11,15,19-25,27-31H2,1-3H3,(H,49,53). The zero-order chi connectivity index (χ0) is 38.4. The summed E-state index contributed by atoms with van der Waals surface area (Å²) >= 11 is 0. The highest BCUT2D eigenvalue weighted by molar-refractivity contribution is 6.10. The largest absolute Gasteiger partial charge is 0.497 e. The summed E-state index contributed by atoms with van der Waals surface area (Å²) in [7, 11) is 1.64. The van der Waals surface area contributed by atoms with Crippen molar-refractivity contribution >= 4 is 17.5 Å². The van der Waals surface area contributed by atoms with Gasteiger partial charge in [-0.3, -0.25) is 4.79 Å². The van der Waals surface area contributed by atoms with E-state index in [1.807, 2.05) is 65.6 Å². The summed E-state index contributed by atoms with van der Waals surface area (Å²) in [6.45, 7) is 5.24. The highest BCUT2D eigenvalue weighted by Gasteiger charge is 2.59. The third kappa shape index (κ3) is 7.64. The summed E-state index contributed by atoms with van der Waals surface area (Å²) in [6.07, 6.45) is 13.9. The monoisotopic (exact) mass is 744 g/mol. The van der Waals surface area contributed by atoms with Crippen LogP contribution in [0.15, 0.2) is 84.4 Å². The molecule has 292 valence electrons. The van der Waals surface area contributed by atoms with Gasteiger partial charge in [0.1, 0.15) is 5.75 Å². The maximum absolute atomic E-state index is 14.6. The molecule has 5 saturated carbocycles. The SMILES string of the molecule is COc1ccc(NC(=O)N(CC23CC4CC(CC(C4)C2)C3)CC2(O)CCC3c4ccc(cc4C(=O)c4ccccc4)CC(O)CCC(C)=CCCC32C)cc1. The molecule has 0 heterocycles. The van der Waals surface area contributed by atoms with Gasteiger partial charge < -0.3 is 25.2 Å². The number of nitrogens with one attached hydrogen (secondary N) is 1. The molecule has 7 nitrogen and oxygen atoms in total. The van der Waals surface area contributed by atoms with Crippen LogP contribution in [-0.4, -0.2) is 58.8 Å². The van der Waals surface area contributed by atoms with E-state index in [1.54, 1.807) is 7.11 Å². The minimum absolute atomic E-state index is 0.0325. The number of hydrogen-bond donors (Lipinski definition) is 3. The quantitative estimate of drug-likeness (QED) is 0.158. The fourth-order valence-electron chi connectivity index (χ4n) is 12.2. The zero-order valence-electron chi connectivity index (χ0n) is 33.1. The van der Waals surface area contributed by atoms with E-state index in [-0.39, 0.29) is 29.7 Å². The predicted octanol–water partition coefficient (Wildman–Crippen LogP) is 9.72. The number of urea groups is 1. The van der Waals surface area contributed by atoms with Gasteiger partial charge in [-0.1, -0.05) is 61.0 Å². The second-order valence-electron chi connectivity index (χ2n) is 18.6. The number of hydrogen-bond acceptors (Lipinski definition) is 5. The van der Waals surface area contributed by atoms with E-state index in [0.29, 0.717) is 55.5 Å². The van der Waals surface area contributed by atoms with E-state index in [2.05, 4.69) is 37.4 Å². The average Bonchev–Trinajstić information content (AvgIpc) is 3.41. The van der Waals surface area contributed by atoms with E-state index in [1.165, 1.54) is 44.1 Å². The van der Waals surface area contributed by atoms with E-state index in [0.717, 1.165) is 47.5 Å². The second kappa shape index (κ2) is 15.2. The van der Waals surface area contributed by atoms with Crippen LogP contribution in [-0.2, 0) is 6.42 Å². The van der Waals surface area contributed by atoms with Crippen molar-refractivity contribution in [2.45, 2.75) is 115 Å². The van der Waals surface area contributed by atoms with Crippen molar-refractivity contribution < 1.29 is 24.5 Å². The van der Waals surface area contributed by atoms with Crippen molar-refractivity contribution in [1.82, 2.24) is 4.90 Å². The van der Waals surface area contributed by atoms with Crippen LogP contribution in [0.3, 0.4) is 0 Å². The molecular formula is C48H60N2O5. The Morgan fingerprint density at radius 1 is 0.891 bits per heavy atom. The third-order valence-corrected chi connectivity index (χ3v) is 14.7. The normalized spacial score (nSPS) is 32.7. The number of methoxy groups -OCH3 is 1. The number of ketones is 1. The van der Waals surface area contributed by atoms with Gasteiger partial charge in [0.15, 0.2) is 5.78 Å². The molecule has 7 aliphatic carbocycles. The van der Waals surface area contributed by atoms with Gasteiger partial charge in [-0.25, -0.2) is 4.79 Å². The fourth-order valence-corrected chi connectivity index (χ4v) is 12.2. The van der Waals surface area contributed by atoms with Crippen molar-refractivity contribution in [1.29, 1.82) is 0 Å². The number of benzene rings is 3. The minimum atomic E-state index is -1.20. The molecule has 2 amide bonds. The Morgan fingerprint density at radius 3 is 2.25 bits per heavy atom. The van der Waals surface area contributed by atoms with Crippen LogP contribution < -0.4 is 10.1 Å². The van der Waals surface area contributed by atoms with Gasteiger partial charge >= 0.3 is 6.03 Å². The Balaban J connectivity index is 1.17. The number of aliphatic hydroxyl groups is 2. The van der Waals surface area contributed by atoms with Gasteiger partial charge in [-0.15, -0.1) is 0 Å². The average molecular weight is 745 g/mol. The Morgan fingerprint density at radius 2 is 1.58 bits per heavy atom. The molecule has 4 atom stereocenters. The second-order valence-corrected chi connectivity index (χ2v) is 18.6. The van der Waals surface area contributed by atoms with Crippen LogP contribution in [0.2, 0.25) is 0 Å². The smallest absolute Gasteiger partial charge is 0.321 e. The molecule has 0 radical (unpaired) electrons. The van der Waals surface area contributed by atoms with Crippen molar-refractivity contribution in [3.8, 4) is 5.75 Å². The van der Waals surface area contributed by atoms with Crippen LogP contribution in [0.25, 0.3) is 0 Å². The molecule has 5 fully saturated rings. The molecule has 10 rings (SSSR count). The summed E-state index contributed by atoms with van der Waals surface area (Å²) in [5.74, 6) is 2.82. The fraction of sp³-hybridized carbons (Fsp3) is 0.542. The van der Waals surface area contributed by atoms with Gasteiger partial charge in [0.25, 0.3) is 0 Å². The topological polar surface area (TPSA) is 99.1 Å². The van der Waals surface area contributed by atoms with Crippen molar-refractivity contribution in [3.63, 3.8) is 0 Å². The van der Waals surface area contributed by atoms with Crippen LogP contribution >= 0.6 is 0 Å². The highest BCUT2D eigenvalue weighted by atomic mass is 16.5. The van der Waals surface area contributed by atoms with Crippen molar-refractivity contribution in [3.05, 3.63) is 107 Å². The molecule has 7 aliphatic rings. The Bertz CT molecular complexity index is 1870. The third-order valence-electron chi connectivity index (χ3n) is 14.7. The van der Waals surface area contributed by atoms with Crippen LogP contribution in [0, 0.1) is 28.6 Å². The Kier molecular flexibility index (Phi) is 10.5. The van der Waals surface area contributed by atoms with Crippen LogP contribution in [0.1, 0.15) is 124 Å². The van der Waals surface area contributed by atoms with Gasteiger partial charge in [-0.2, -0.15) is 0 Å². The number of nitrogens with zero attached hydrogens (tertiary/aromatic N) is 1. The first-order valence-electron chi connectivity index (χ1n) is 20.9. The first-order valence-corrected chi connectivity index (χ1v) is 20.9. The lowest BCUT2D eigenvalue weighted by Gasteiger charge is -2.58. The molecule has 7 heteroatoms. The maximum atomic E-state index is 14.6. The molecule has 3 aromatic rings. The maximum Gasteiger partial charge on any atom is 0.321 e. The zero-order valence-corrected chi connectivity index (χ0v) is 33.1. The molecule has 4 unspecified atom stereocenters. The van der Waals surface area contributed by atoms with Gasteiger partial charge in [-0.05, 0) is 161 Å². The first-order chi connectivity index (χ1) is 26.4. The summed E-state index contributed by atoms with van der Waals surface area (Å²) in [4.78, 5) is 31.0. The number of aliphatic hydroxyl groups excluding tert-OH is 1. The number of carbonyl (C=O) groups is 2. The van der Waals surface area contributed by atoms with Gasteiger partial charge in [0.2, 0.25) is 0 Å². The van der Waals surface area contributed by atoms with Gasteiger partial charge in [0.05, 0.1) is 25.4 Å². The van der Waals surface area contributed by atoms with E-state index < -0.39 is 17.1 Å². The molecule has 55 heavy (non-hydrogen) atoms. The number of rotatable bonds is 8. The number of ether oxygens (including phenoxy) is 1. The molecule has 0 spiro atoms. The lowest BCUT2D eigenvalue weighted by molar-refractivity contribution is -0.0975. The summed E-state index contributed by atoms with van der Waals surface area (Å²) < 4.78 is 5.38. The van der Waals surface area contributed by atoms with E-state index >= 15 is 0 Å². The predicted molar refractivity (Wildman–Crippen MR) is 217 cm³/mol. The van der Waals surface area contributed by atoms with E-state index in [9.17, 15) is 19.8 Å². The Labute approximate surface area is 327 Å². The van der Waals surface area contributed by atoms with Crippen molar-refractivity contribution in [2.24, 2.45) is 28.6 Å². The summed E-state index contributed by atoms with van der Waals surface area (Å²) in [5.41, 5.74) is 3.39. The molecule has 6 bridgehead atoms. The van der Waals surface area contributed by atoms with E-state index in [4.69, 9.17) is 4.74 Å². The summed E-state index contributed by atoms with van der Waals surface area (Å²) in [6, 6.07) is 22.9. The number of anilines is 1. The Hall–Kier alpha value is -3.94. The molecule has 0 saturated heterocycles. The number of allylic oxidation sites excluding steroid dienone is 2. The van der Waals surface area contributed by atoms with Gasteiger partial charge in [0, 0.05) is 28.8 Å². The molecular weight excluding hydrogens is 685 g/mol. The highest BCUT2D eigenvalue weighted by Crippen LogP contribution is 2.62. The number of amides is 2. The van der Waals surface area contributed by atoms with Crippen LogP contribution in [0.4, 0.5) is 10.5 Å². The lowest BCUT2D eigenvalue weighted by Crippen LogP contribution is -2.58. The molecule has 0 aliphatic heterocycles. The molecule has 3 N–H and O–H groups in total. The lowest BCUT2D eigenvalue weighted by atomic mass is 9.49. The molecule has 3 aromatic carbocycles. The first kappa shape index (κ1) is 38.0. The van der Waals surface area contributed by atoms with Crippen molar-refractivity contribution in [2.75, 3.05) is 25.5 Å². The number of fused-ring (bicyclic) bond motifs is 8. The number of carbonyl (C=O) groups excluding carboxylic acids is 2. The minimum Gasteiger partial charge on any atom is -0.497 e.